The molecule has 0 radical (unpaired) electrons. The normalized spacial score (nSPS) is 16.1. The molecule has 1 aromatic carbocycles. The van der Waals surface area contributed by atoms with Gasteiger partial charge in [-0.3, -0.25) is 9.67 Å². The SMILES string of the molecule is CN=C(NCCCCN1CCC(Cc2ccccc2)CC1)NCc1ccnn1C. The molecule has 158 valence electrons. The van der Waals surface area contributed by atoms with E-state index < -0.39 is 0 Å². The highest BCUT2D eigenvalue weighted by molar-refractivity contribution is 5.79. The monoisotopic (exact) mass is 396 g/mol. The van der Waals surface area contributed by atoms with Crippen LogP contribution < -0.4 is 10.6 Å². The van der Waals surface area contributed by atoms with E-state index in [2.05, 4.69) is 56.0 Å². The van der Waals surface area contributed by atoms with Gasteiger partial charge in [0.1, 0.15) is 0 Å². The van der Waals surface area contributed by atoms with Crippen molar-refractivity contribution in [1.82, 2.24) is 25.3 Å². The lowest BCUT2D eigenvalue weighted by molar-refractivity contribution is 0.181. The smallest absolute Gasteiger partial charge is 0.191 e. The van der Waals surface area contributed by atoms with Gasteiger partial charge in [0.05, 0.1) is 12.2 Å². The van der Waals surface area contributed by atoms with Crippen LogP contribution in [0.15, 0.2) is 47.6 Å². The summed E-state index contributed by atoms with van der Waals surface area (Å²) in [5.41, 5.74) is 2.63. The van der Waals surface area contributed by atoms with Gasteiger partial charge in [-0.05, 0) is 69.3 Å². The van der Waals surface area contributed by atoms with Crippen LogP contribution >= 0.6 is 0 Å². The maximum atomic E-state index is 4.30. The molecule has 1 aromatic heterocycles. The molecule has 1 aliphatic heterocycles. The van der Waals surface area contributed by atoms with Crippen molar-refractivity contribution in [2.45, 2.75) is 38.6 Å². The summed E-state index contributed by atoms with van der Waals surface area (Å²) in [4.78, 5) is 6.94. The van der Waals surface area contributed by atoms with E-state index in [1.165, 1.54) is 50.9 Å². The number of nitrogens with one attached hydrogen (secondary N) is 2. The first-order valence-corrected chi connectivity index (χ1v) is 10.9. The van der Waals surface area contributed by atoms with Crippen molar-refractivity contribution in [3.8, 4) is 0 Å². The number of benzene rings is 1. The number of hydrogen-bond donors (Lipinski definition) is 2. The van der Waals surface area contributed by atoms with Crippen LogP contribution in [-0.2, 0) is 20.0 Å². The van der Waals surface area contributed by atoms with Crippen LogP contribution in [0.25, 0.3) is 0 Å². The third-order valence-corrected chi connectivity index (χ3v) is 5.85. The maximum Gasteiger partial charge on any atom is 0.191 e. The molecular formula is C23H36N6. The number of rotatable bonds is 9. The quantitative estimate of drug-likeness (QED) is 0.389. The molecule has 0 saturated carbocycles. The summed E-state index contributed by atoms with van der Waals surface area (Å²) in [6, 6.07) is 13.0. The Hall–Kier alpha value is -2.34. The minimum absolute atomic E-state index is 0.730. The average Bonchev–Trinajstić information content (AvgIpc) is 3.17. The largest absolute Gasteiger partial charge is 0.356 e. The van der Waals surface area contributed by atoms with E-state index in [0.717, 1.165) is 37.1 Å². The summed E-state index contributed by atoms with van der Waals surface area (Å²) in [5.74, 6) is 1.71. The van der Waals surface area contributed by atoms with Crippen molar-refractivity contribution < 1.29 is 0 Å². The molecule has 1 saturated heterocycles. The second-order valence-corrected chi connectivity index (χ2v) is 7.98. The highest BCUT2D eigenvalue weighted by Crippen LogP contribution is 2.21. The Morgan fingerprint density at radius 3 is 2.59 bits per heavy atom. The molecule has 2 N–H and O–H groups in total. The third-order valence-electron chi connectivity index (χ3n) is 5.85. The average molecular weight is 397 g/mol. The molecule has 6 heteroatoms. The molecule has 0 spiro atoms. The predicted molar refractivity (Wildman–Crippen MR) is 120 cm³/mol. The Morgan fingerprint density at radius 1 is 1.10 bits per heavy atom. The molecule has 6 nitrogen and oxygen atoms in total. The number of likely N-dealkylation sites (tertiary alicyclic amines) is 1. The molecule has 0 unspecified atom stereocenters. The van der Waals surface area contributed by atoms with Crippen LogP contribution in [0.2, 0.25) is 0 Å². The molecule has 0 aliphatic carbocycles. The number of guanidine groups is 1. The topological polar surface area (TPSA) is 57.5 Å². The first-order valence-electron chi connectivity index (χ1n) is 10.9. The van der Waals surface area contributed by atoms with E-state index >= 15 is 0 Å². The van der Waals surface area contributed by atoms with Gasteiger partial charge in [-0.2, -0.15) is 5.10 Å². The zero-order valence-corrected chi connectivity index (χ0v) is 18.0. The lowest BCUT2D eigenvalue weighted by atomic mass is 9.90. The Bertz CT molecular complexity index is 731. The van der Waals surface area contributed by atoms with Crippen LogP contribution in [0.4, 0.5) is 0 Å². The second-order valence-electron chi connectivity index (χ2n) is 7.98. The molecule has 2 heterocycles. The van der Waals surface area contributed by atoms with Gasteiger partial charge in [0.25, 0.3) is 0 Å². The van der Waals surface area contributed by atoms with Gasteiger partial charge in [0.15, 0.2) is 5.96 Å². The third kappa shape index (κ3) is 7.20. The Labute approximate surface area is 175 Å². The Balaban J connectivity index is 1.24. The number of hydrogen-bond acceptors (Lipinski definition) is 3. The predicted octanol–water partition coefficient (Wildman–Crippen LogP) is 2.82. The molecule has 2 aromatic rings. The molecule has 0 amide bonds. The summed E-state index contributed by atoms with van der Waals surface area (Å²) in [6.07, 6.45) is 8.11. The fraction of sp³-hybridized carbons (Fsp3) is 0.565. The van der Waals surface area contributed by atoms with Gasteiger partial charge >= 0.3 is 0 Å². The van der Waals surface area contributed by atoms with E-state index in [-0.39, 0.29) is 0 Å². The van der Waals surface area contributed by atoms with E-state index in [1.807, 2.05) is 31.0 Å². The van der Waals surface area contributed by atoms with Crippen molar-refractivity contribution in [3.63, 3.8) is 0 Å². The maximum absolute atomic E-state index is 4.30. The first-order chi connectivity index (χ1) is 14.2. The number of piperidine rings is 1. The van der Waals surface area contributed by atoms with Gasteiger partial charge in [0.2, 0.25) is 0 Å². The van der Waals surface area contributed by atoms with Gasteiger partial charge < -0.3 is 15.5 Å². The molecule has 1 fully saturated rings. The molecule has 1 aliphatic rings. The highest BCUT2D eigenvalue weighted by Gasteiger charge is 2.18. The number of aliphatic imine (C=N–C) groups is 1. The van der Waals surface area contributed by atoms with Crippen molar-refractivity contribution in [3.05, 3.63) is 53.9 Å². The molecular weight excluding hydrogens is 360 g/mol. The Kier molecular flexibility index (Phi) is 8.56. The van der Waals surface area contributed by atoms with Crippen molar-refractivity contribution in [1.29, 1.82) is 0 Å². The minimum atomic E-state index is 0.730. The molecule has 3 rings (SSSR count). The lowest BCUT2D eigenvalue weighted by Crippen LogP contribution is -2.38. The van der Waals surface area contributed by atoms with Gasteiger partial charge in [0, 0.05) is 26.8 Å². The first kappa shape index (κ1) is 21.4. The molecule has 29 heavy (non-hydrogen) atoms. The minimum Gasteiger partial charge on any atom is -0.356 e. The fourth-order valence-electron chi connectivity index (χ4n) is 4.00. The van der Waals surface area contributed by atoms with Crippen LogP contribution in [0, 0.1) is 5.92 Å². The number of unbranched alkanes of at least 4 members (excludes halogenated alkanes) is 1. The second kappa shape index (κ2) is 11.6. The summed E-state index contributed by atoms with van der Waals surface area (Å²) in [7, 11) is 3.77. The van der Waals surface area contributed by atoms with Crippen LogP contribution in [0.1, 0.15) is 36.9 Å². The summed E-state index contributed by atoms with van der Waals surface area (Å²) in [6.45, 7) is 5.39. The zero-order chi connectivity index (χ0) is 20.3. The summed E-state index contributed by atoms with van der Waals surface area (Å²) >= 11 is 0. The van der Waals surface area contributed by atoms with E-state index in [0.29, 0.717) is 0 Å². The van der Waals surface area contributed by atoms with E-state index in [9.17, 15) is 0 Å². The van der Waals surface area contributed by atoms with E-state index in [4.69, 9.17) is 0 Å². The fourth-order valence-corrected chi connectivity index (χ4v) is 4.00. The molecule has 0 atom stereocenters. The van der Waals surface area contributed by atoms with Crippen molar-refractivity contribution in [2.24, 2.45) is 18.0 Å². The molecule has 0 bridgehead atoms. The van der Waals surface area contributed by atoms with E-state index in [1.54, 1.807) is 0 Å². The van der Waals surface area contributed by atoms with Gasteiger partial charge in [-0.25, -0.2) is 0 Å². The van der Waals surface area contributed by atoms with Crippen molar-refractivity contribution in [2.75, 3.05) is 33.2 Å². The summed E-state index contributed by atoms with van der Waals surface area (Å²) < 4.78 is 1.88. The van der Waals surface area contributed by atoms with Crippen molar-refractivity contribution >= 4 is 5.96 Å². The zero-order valence-electron chi connectivity index (χ0n) is 18.0. The van der Waals surface area contributed by atoms with Crippen LogP contribution in [0.5, 0.6) is 0 Å². The van der Waals surface area contributed by atoms with Gasteiger partial charge in [-0.15, -0.1) is 0 Å². The van der Waals surface area contributed by atoms with Gasteiger partial charge in [-0.1, -0.05) is 30.3 Å². The number of nitrogens with zero attached hydrogens (tertiary/aromatic N) is 4. The highest BCUT2D eigenvalue weighted by atomic mass is 15.3. The Morgan fingerprint density at radius 2 is 1.90 bits per heavy atom. The standard InChI is InChI=1S/C23H36N6/c1-24-23(26-19-22-10-14-27-28(22)2)25-13-6-7-15-29-16-11-21(12-17-29)18-20-8-4-3-5-9-20/h3-5,8-10,14,21H,6-7,11-13,15-19H2,1-2H3,(H2,24,25,26). The van der Waals surface area contributed by atoms with Crippen LogP contribution in [-0.4, -0.2) is 53.9 Å². The van der Waals surface area contributed by atoms with Crippen LogP contribution in [0.3, 0.4) is 0 Å². The number of aryl methyl sites for hydroxylation is 1. The summed E-state index contributed by atoms with van der Waals surface area (Å²) in [5, 5.41) is 10.9. The number of aromatic nitrogens is 2. The lowest BCUT2D eigenvalue weighted by Gasteiger charge is -2.32.